The van der Waals surface area contributed by atoms with Gasteiger partial charge in [-0.25, -0.2) is 0 Å². The molecule has 1 nitrogen and oxygen atoms in total. The van der Waals surface area contributed by atoms with Crippen molar-refractivity contribution in [3.63, 3.8) is 0 Å². The van der Waals surface area contributed by atoms with Gasteiger partial charge in [0.1, 0.15) is 0 Å². The molecule has 3 aromatic carbocycles. The van der Waals surface area contributed by atoms with Gasteiger partial charge in [0, 0.05) is 17.5 Å². The Bertz CT molecular complexity index is 812. The molecule has 0 unspecified atom stereocenters. The standard InChI is InChI=1S/C21H17NS/c1-22-18-14-8-9-15-19(18)23-21(22)20(16-10-4-2-5-11-16)17-12-6-3-7-13-17/h2-15H,1H3. The maximum atomic E-state index is 2.30. The van der Waals surface area contributed by atoms with Crippen LogP contribution in [0.25, 0.3) is 5.57 Å². The van der Waals surface area contributed by atoms with E-state index in [4.69, 9.17) is 0 Å². The average molecular weight is 315 g/mol. The van der Waals surface area contributed by atoms with E-state index in [1.807, 2.05) is 11.8 Å². The summed E-state index contributed by atoms with van der Waals surface area (Å²) in [7, 11) is 2.15. The first kappa shape index (κ1) is 14.2. The van der Waals surface area contributed by atoms with Gasteiger partial charge in [-0.05, 0) is 23.3 Å². The van der Waals surface area contributed by atoms with Crippen LogP contribution in [0.15, 0.2) is 94.9 Å². The van der Waals surface area contributed by atoms with Crippen molar-refractivity contribution < 1.29 is 0 Å². The highest BCUT2D eigenvalue weighted by atomic mass is 32.2. The van der Waals surface area contributed by atoms with Crippen LogP contribution in [0, 0.1) is 0 Å². The van der Waals surface area contributed by atoms with Crippen molar-refractivity contribution in [1.82, 2.24) is 0 Å². The SMILES string of the molecule is CN1C(=C(c2ccccc2)c2ccccc2)Sc2ccccc21. The van der Waals surface area contributed by atoms with Gasteiger partial charge in [-0.15, -0.1) is 0 Å². The van der Waals surface area contributed by atoms with Crippen molar-refractivity contribution >= 4 is 23.0 Å². The van der Waals surface area contributed by atoms with Gasteiger partial charge in [-0.3, -0.25) is 0 Å². The largest absolute Gasteiger partial charge is 0.338 e. The van der Waals surface area contributed by atoms with Crippen LogP contribution in [0.5, 0.6) is 0 Å². The molecule has 1 heterocycles. The lowest BCUT2D eigenvalue weighted by Crippen LogP contribution is -2.12. The highest BCUT2D eigenvalue weighted by molar-refractivity contribution is 8.04. The molecule has 0 aliphatic carbocycles. The molecular formula is C21H17NS. The number of hydrogen-bond acceptors (Lipinski definition) is 2. The summed E-state index contributed by atoms with van der Waals surface area (Å²) in [5.74, 6) is 0. The summed E-state index contributed by atoms with van der Waals surface area (Å²) in [6, 6.07) is 29.9. The van der Waals surface area contributed by atoms with Crippen LogP contribution in [0.2, 0.25) is 0 Å². The number of anilines is 1. The van der Waals surface area contributed by atoms with Crippen LogP contribution in [0.3, 0.4) is 0 Å². The first-order valence-electron chi connectivity index (χ1n) is 7.70. The number of benzene rings is 3. The Morgan fingerprint density at radius 1 is 0.696 bits per heavy atom. The van der Waals surface area contributed by atoms with Gasteiger partial charge >= 0.3 is 0 Å². The minimum Gasteiger partial charge on any atom is -0.338 e. The normalized spacial score (nSPS) is 13.1. The molecule has 0 spiro atoms. The fourth-order valence-electron chi connectivity index (χ4n) is 2.94. The van der Waals surface area contributed by atoms with E-state index in [1.54, 1.807) is 0 Å². The molecule has 2 heteroatoms. The highest BCUT2D eigenvalue weighted by Crippen LogP contribution is 2.48. The molecular weight excluding hydrogens is 298 g/mol. The molecule has 23 heavy (non-hydrogen) atoms. The Morgan fingerprint density at radius 3 is 1.78 bits per heavy atom. The third-order valence-electron chi connectivity index (χ3n) is 4.08. The van der Waals surface area contributed by atoms with Crippen LogP contribution in [-0.4, -0.2) is 7.05 Å². The van der Waals surface area contributed by atoms with Crippen molar-refractivity contribution in [1.29, 1.82) is 0 Å². The topological polar surface area (TPSA) is 3.24 Å². The van der Waals surface area contributed by atoms with Gasteiger partial charge in [0.2, 0.25) is 0 Å². The van der Waals surface area contributed by atoms with Crippen LogP contribution in [0.4, 0.5) is 5.69 Å². The zero-order valence-electron chi connectivity index (χ0n) is 12.9. The number of nitrogens with zero attached hydrogens (tertiary/aromatic N) is 1. The highest BCUT2D eigenvalue weighted by Gasteiger charge is 2.25. The summed E-state index contributed by atoms with van der Waals surface area (Å²) in [5, 5.41) is 1.28. The van der Waals surface area contributed by atoms with Crippen LogP contribution < -0.4 is 4.90 Å². The van der Waals surface area contributed by atoms with E-state index in [0.29, 0.717) is 0 Å². The van der Waals surface area contributed by atoms with E-state index in [-0.39, 0.29) is 0 Å². The fourth-order valence-corrected chi connectivity index (χ4v) is 4.18. The number of hydrogen-bond donors (Lipinski definition) is 0. The third kappa shape index (κ3) is 2.55. The number of thioether (sulfide) groups is 1. The van der Waals surface area contributed by atoms with Gasteiger partial charge in [0.15, 0.2) is 0 Å². The molecule has 1 aliphatic heterocycles. The van der Waals surface area contributed by atoms with Gasteiger partial charge < -0.3 is 4.90 Å². The molecule has 0 atom stereocenters. The predicted octanol–water partition coefficient (Wildman–Crippen LogP) is 5.65. The Balaban J connectivity index is 1.94. The molecule has 0 aromatic heterocycles. The number of fused-ring (bicyclic) bond motifs is 1. The van der Waals surface area contributed by atoms with Gasteiger partial charge in [-0.2, -0.15) is 0 Å². The van der Waals surface area contributed by atoms with E-state index in [9.17, 15) is 0 Å². The lowest BCUT2D eigenvalue weighted by Gasteiger charge is -2.19. The van der Waals surface area contributed by atoms with E-state index in [2.05, 4.69) is 96.9 Å². The molecule has 0 saturated heterocycles. The minimum atomic E-state index is 1.25. The summed E-state index contributed by atoms with van der Waals surface area (Å²) in [6.07, 6.45) is 0. The van der Waals surface area contributed by atoms with Gasteiger partial charge in [-0.1, -0.05) is 84.6 Å². The predicted molar refractivity (Wildman–Crippen MR) is 99.6 cm³/mol. The first-order valence-corrected chi connectivity index (χ1v) is 8.52. The van der Waals surface area contributed by atoms with Crippen molar-refractivity contribution in [2.75, 3.05) is 11.9 Å². The summed E-state index contributed by atoms with van der Waals surface area (Å²) in [5.41, 5.74) is 5.06. The first-order chi connectivity index (χ1) is 11.3. The monoisotopic (exact) mass is 315 g/mol. The number of rotatable bonds is 2. The lowest BCUT2D eigenvalue weighted by atomic mass is 9.98. The minimum absolute atomic E-state index is 1.25. The maximum Gasteiger partial charge on any atom is 0.0884 e. The smallest absolute Gasteiger partial charge is 0.0884 e. The second-order valence-electron chi connectivity index (χ2n) is 5.54. The molecule has 3 aromatic rings. The second-order valence-corrected chi connectivity index (χ2v) is 6.57. The van der Waals surface area contributed by atoms with Crippen molar-refractivity contribution in [2.24, 2.45) is 0 Å². The summed E-state index contributed by atoms with van der Waals surface area (Å²) in [6.45, 7) is 0. The summed E-state index contributed by atoms with van der Waals surface area (Å²) >= 11 is 1.85. The Kier molecular flexibility index (Phi) is 3.68. The fraction of sp³-hybridized carbons (Fsp3) is 0.0476. The Morgan fingerprint density at radius 2 is 1.22 bits per heavy atom. The third-order valence-corrected chi connectivity index (χ3v) is 5.31. The number of para-hydroxylation sites is 1. The molecule has 112 valence electrons. The lowest BCUT2D eigenvalue weighted by molar-refractivity contribution is 1.17. The van der Waals surface area contributed by atoms with E-state index in [0.717, 1.165) is 0 Å². The van der Waals surface area contributed by atoms with E-state index >= 15 is 0 Å². The zero-order valence-corrected chi connectivity index (χ0v) is 13.8. The van der Waals surface area contributed by atoms with Crippen molar-refractivity contribution in [2.45, 2.75) is 4.90 Å². The maximum absolute atomic E-state index is 2.30. The van der Waals surface area contributed by atoms with Crippen LogP contribution in [-0.2, 0) is 0 Å². The Hall–Kier alpha value is -2.45. The van der Waals surface area contributed by atoms with E-state index < -0.39 is 0 Å². The van der Waals surface area contributed by atoms with E-state index in [1.165, 1.54) is 32.3 Å². The van der Waals surface area contributed by atoms with Gasteiger partial charge in [0.05, 0.1) is 10.7 Å². The second kappa shape index (κ2) is 5.98. The van der Waals surface area contributed by atoms with Crippen LogP contribution >= 0.6 is 11.8 Å². The molecule has 0 saturated carbocycles. The summed E-state index contributed by atoms with van der Waals surface area (Å²) in [4.78, 5) is 3.62. The summed E-state index contributed by atoms with van der Waals surface area (Å²) < 4.78 is 0. The van der Waals surface area contributed by atoms with Gasteiger partial charge in [0.25, 0.3) is 0 Å². The molecule has 1 aliphatic rings. The van der Waals surface area contributed by atoms with Crippen molar-refractivity contribution in [3.8, 4) is 0 Å². The molecule has 0 N–H and O–H groups in total. The average Bonchev–Trinajstić information content (AvgIpc) is 2.94. The molecule has 0 fully saturated rings. The van der Waals surface area contributed by atoms with Crippen LogP contribution in [0.1, 0.15) is 11.1 Å². The quantitative estimate of drug-likeness (QED) is 0.601. The molecule has 4 rings (SSSR count). The van der Waals surface area contributed by atoms with Crippen molar-refractivity contribution in [3.05, 3.63) is 101 Å². The Labute approximate surface area is 141 Å². The molecule has 0 radical (unpaired) electrons. The zero-order chi connectivity index (χ0) is 15.6. The molecule has 0 amide bonds. The molecule has 0 bridgehead atoms.